The Morgan fingerprint density at radius 1 is 1.50 bits per heavy atom. The van der Waals surface area contributed by atoms with Crippen molar-refractivity contribution in [3.63, 3.8) is 0 Å². The van der Waals surface area contributed by atoms with Crippen molar-refractivity contribution >= 4 is 0 Å². The molecule has 1 heterocycles. The number of ether oxygens (including phenoxy) is 2. The molecule has 3 heteroatoms. The number of hydrogen-bond donors (Lipinski definition) is 0. The Labute approximate surface area is 60.5 Å². The predicted octanol–water partition coefficient (Wildman–Crippen LogP) is 1.05. The molecule has 0 radical (unpaired) electrons. The van der Waals surface area contributed by atoms with E-state index in [2.05, 4.69) is 0 Å². The van der Waals surface area contributed by atoms with Gasteiger partial charge >= 0.3 is 0 Å². The summed E-state index contributed by atoms with van der Waals surface area (Å²) in [4.78, 5) is 0. The minimum atomic E-state index is -0.632. The molecule has 10 heavy (non-hydrogen) atoms. The second-order valence-electron chi connectivity index (χ2n) is 2.52. The van der Waals surface area contributed by atoms with Crippen LogP contribution in [0, 0.1) is 11.3 Å². The highest BCUT2D eigenvalue weighted by Crippen LogP contribution is 2.20. The number of rotatable bonds is 1. The van der Waals surface area contributed by atoms with Crippen molar-refractivity contribution in [3.05, 3.63) is 0 Å². The van der Waals surface area contributed by atoms with Crippen LogP contribution in [0.25, 0.3) is 0 Å². The van der Waals surface area contributed by atoms with E-state index in [0.29, 0.717) is 19.6 Å². The molecule has 1 rings (SSSR count). The SMILES string of the molecule is CC1(CC#N)OCCCO1. The van der Waals surface area contributed by atoms with Crippen LogP contribution in [0.2, 0.25) is 0 Å². The van der Waals surface area contributed by atoms with Gasteiger partial charge in [0.05, 0.1) is 25.7 Å². The first-order valence-electron chi connectivity index (χ1n) is 3.42. The van der Waals surface area contributed by atoms with Gasteiger partial charge in [0.2, 0.25) is 0 Å². The van der Waals surface area contributed by atoms with E-state index in [-0.39, 0.29) is 0 Å². The molecular formula is C7H11NO2. The van der Waals surface area contributed by atoms with Gasteiger partial charge in [-0.1, -0.05) is 0 Å². The van der Waals surface area contributed by atoms with Crippen LogP contribution < -0.4 is 0 Å². The van der Waals surface area contributed by atoms with E-state index in [9.17, 15) is 0 Å². The normalized spacial score (nSPS) is 23.6. The molecule has 0 aromatic rings. The van der Waals surface area contributed by atoms with Gasteiger partial charge in [-0.25, -0.2) is 0 Å². The van der Waals surface area contributed by atoms with E-state index < -0.39 is 5.79 Å². The summed E-state index contributed by atoms with van der Waals surface area (Å²) in [5.41, 5.74) is 0. The molecule has 1 saturated heterocycles. The molecule has 0 spiro atoms. The zero-order valence-corrected chi connectivity index (χ0v) is 6.09. The molecular weight excluding hydrogens is 130 g/mol. The predicted molar refractivity (Wildman–Crippen MR) is 35.2 cm³/mol. The molecule has 0 aromatic heterocycles. The van der Waals surface area contributed by atoms with E-state index in [4.69, 9.17) is 14.7 Å². The molecule has 0 bridgehead atoms. The molecule has 0 saturated carbocycles. The van der Waals surface area contributed by atoms with Crippen molar-refractivity contribution in [2.45, 2.75) is 25.6 Å². The first-order valence-corrected chi connectivity index (χ1v) is 3.42. The van der Waals surface area contributed by atoms with Gasteiger partial charge in [0.15, 0.2) is 5.79 Å². The van der Waals surface area contributed by atoms with Gasteiger partial charge in [-0.15, -0.1) is 0 Å². The zero-order chi connectivity index (χ0) is 7.45. The Morgan fingerprint density at radius 2 is 2.10 bits per heavy atom. The van der Waals surface area contributed by atoms with Crippen molar-refractivity contribution < 1.29 is 9.47 Å². The van der Waals surface area contributed by atoms with Crippen molar-refractivity contribution in [2.75, 3.05) is 13.2 Å². The van der Waals surface area contributed by atoms with Crippen molar-refractivity contribution in [1.82, 2.24) is 0 Å². The van der Waals surface area contributed by atoms with Gasteiger partial charge in [0.1, 0.15) is 0 Å². The van der Waals surface area contributed by atoms with Crippen LogP contribution in [0.5, 0.6) is 0 Å². The molecule has 56 valence electrons. The Hall–Kier alpha value is -0.590. The molecule has 1 fully saturated rings. The highest BCUT2D eigenvalue weighted by molar-refractivity contribution is 4.81. The Morgan fingerprint density at radius 3 is 2.60 bits per heavy atom. The lowest BCUT2D eigenvalue weighted by Crippen LogP contribution is -2.36. The molecule has 0 unspecified atom stereocenters. The smallest absolute Gasteiger partial charge is 0.178 e. The maximum absolute atomic E-state index is 8.37. The highest BCUT2D eigenvalue weighted by Gasteiger charge is 2.28. The van der Waals surface area contributed by atoms with E-state index in [1.165, 1.54) is 0 Å². The van der Waals surface area contributed by atoms with E-state index in [0.717, 1.165) is 6.42 Å². The fourth-order valence-corrected chi connectivity index (χ4v) is 0.922. The monoisotopic (exact) mass is 141 g/mol. The third kappa shape index (κ3) is 1.69. The summed E-state index contributed by atoms with van der Waals surface area (Å²) >= 11 is 0. The first-order chi connectivity index (χ1) is 4.77. The lowest BCUT2D eigenvalue weighted by atomic mass is 10.2. The van der Waals surface area contributed by atoms with Crippen LogP contribution in [0.15, 0.2) is 0 Å². The van der Waals surface area contributed by atoms with Gasteiger partial charge in [-0.05, 0) is 13.3 Å². The summed E-state index contributed by atoms with van der Waals surface area (Å²) < 4.78 is 10.5. The molecule has 0 N–H and O–H groups in total. The maximum Gasteiger partial charge on any atom is 0.178 e. The van der Waals surface area contributed by atoms with Crippen LogP contribution >= 0.6 is 0 Å². The second kappa shape index (κ2) is 3.00. The topological polar surface area (TPSA) is 42.2 Å². The van der Waals surface area contributed by atoms with Crippen molar-refractivity contribution in [1.29, 1.82) is 5.26 Å². The van der Waals surface area contributed by atoms with Gasteiger partial charge in [0.25, 0.3) is 0 Å². The van der Waals surface area contributed by atoms with Crippen LogP contribution in [-0.2, 0) is 9.47 Å². The summed E-state index contributed by atoms with van der Waals surface area (Å²) in [5, 5.41) is 8.37. The summed E-state index contributed by atoms with van der Waals surface area (Å²) in [7, 11) is 0. The summed E-state index contributed by atoms with van der Waals surface area (Å²) in [6, 6.07) is 2.03. The highest BCUT2D eigenvalue weighted by atomic mass is 16.7. The van der Waals surface area contributed by atoms with Gasteiger partial charge < -0.3 is 9.47 Å². The summed E-state index contributed by atoms with van der Waals surface area (Å²) in [5.74, 6) is -0.632. The molecule has 3 nitrogen and oxygen atoms in total. The molecule has 1 aliphatic rings. The standard InChI is InChI=1S/C7H11NO2/c1-7(3-4-8)9-5-2-6-10-7/h2-3,5-6H2,1H3. The maximum atomic E-state index is 8.37. The minimum Gasteiger partial charge on any atom is -0.349 e. The number of nitrogens with zero attached hydrogens (tertiary/aromatic N) is 1. The van der Waals surface area contributed by atoms with Crippen molar-refractivity contribution in [3.8, 4) is 6.07 Å². The van der Waals surface area contributed by atoms with Gasteiger partial charge in [-0.3, -0.25) is 0 Å². The Bertz CT molecular complexity index is 144. The molecule has 0 amide bonds. The lowest BCUT2D eigenvalue weighted by molar-refractivity contribution is -0.252. The quantitative estimate of drug-likeness (QED) is 0.548. The average molecular weight is 141 g/mol. The third-order valence-corrected chi connectivity index (χ3v) is 1.50. The van der Waals surface area contributed by atoms with Crippen LogP contribution in [-0.4, -0.2) is 19.0 Å². The van der Waals surface area contributed by atoms with Crippen LogP contribution in [0.4, 0.5) is 0 Å². The van der Waals surface area contributed by atoms with Crippen LogP contribution in [0.3, 0.4) is 0 Å². The molecule has 1 aliphatic heterocycles. The summed E-state index contributed by atoms with van der Waals surface area (Å²) in [6.07, 6.45) is 1.24. The Kier molecular flexibility index (Phi) is 2.25. The fraction of sp³-hybridized carbons (Fsp3) is 0.857. The summed E-state index contributed by atoms with van der Waals surface area (Å²) in [6.45, 7) is 3.21. The third-order valence-electron chi connectivity index (χ3n) is 1.50. The average Bonchev–Trinajstić information content (AvgIpc) is 1.89. The van der Waals surface area contributed by atoms with E-state index in [1.807, 2.05) is 6.07 Å². The molecule has 0 aromatic carbocycles. The molecule has 0 atom stereocenters. The molecule has 0 aliphatic carbocycles. The fourth-order valence-electron chi connectivity index (χ4n) is 0.922. The lowest BCUT2D eigenvalue weighted by Gasteiger charge is -2.31. The van der Waals surface area contributed by atoms with E-state index in [1.54, 1.807) is 6.92 Å². The van der Waals surface area contributed by atoms with Gasteiger partial charge in [-0.2, -0.15) is 5.26 Å². The number of nitriles is 1. The Balaban J connectivity index is 2.42. The van der Waals surface area contributed by atoms with Crippen molar-refractivity contribution in [2.24, 2.45) is 0 Å². The zero-order valence-electron chi connectivity index (χ0n) is 6.09. The minimum absolute atomic E-state index is 0.312. The van der Waals surface area contributed by atoms with Gasteiger partial charge in [0, 0.05) is 0 Å². The first kappa shape index (κ1) is 7.52. The largest absolute Gasteiger partial charge is 0.349 e. The number of hydrogen-bond acceptors (Lipinski definition) is 3. The second-order valence-corrected chi connectivity index (χ2v) is 2.52. The van der Waals surface area contributed by atoms with Crippen LogP contribution in [0.1, 0.15) is 19.8 Å². The van der Waals surface area contributed by atoms with E-state index >= 15 is 0 Å².